The summed E-state index contributed by atoms with van der Waals surface area (Å²) in [7, 11) is 0. The molecule has 0 aliphatic carbocycles. The van der Waals surface area contributed by atoms with E-state index in [1.165, 1.54) is 0 Å². The highest BCUT2D eigenvalue weighted by molar-refractivity contribution is 6.34. The minimum absolute atomic E-state index is 0.184. The van der Waals surface area contributed by atoms with Crippen molar-refractivity contribution in [2.45, 2.75) is 6.92 Å². The topological polar surface area (TPSA) is 59.4 Å². The highest BCUT2D eigenvalue weighted by atomic mass is 35.5. The fourth-order valence-corrected chi connectivity index (χ4v) is 1.59. The number of aliphatic carboxylic acids is 1. The van der Waals surface area contributed by atoms with Gasteiger partial charge in [-0.15, -0.1) is 0 Å². The van der Waals surface area contributed by atoms with Gasteiger partial charge in [-0.25, -0.2) is 4.79 Å². The summed E-state index contributed by atoms with van der Waals surface area (Å²) >= 11 is 11.1. The van der Waals surface area contributed by atoms with Gasteiger partial charge in [0.15, 0.2) is 0 Å². The normalized spacial score (nSPS) is 8.83. The van der Waals surface area contributed by atoms with Crippen molar-refractivity contribution in [2.75, 3.05) is 13.2 Å². The molecule has 0 aliphatic rings. The molecule has 1 N–H and O–H groups in total. The van der Waals surface area contributed by atoms with Gasteiger partial charge in [-0.2, -0.15) is 0 Å². The standard InChI is InChI=1S/C7H7N.C6H4Cl2.C4H8O3/c1-2-7-3-5-8-6-4-7;7-5-2-1-3-6(8)4-5;1-2-7-3-4(5)6/h2-6H,1H2;1-4H;2-3H2,1H3,(H,5,6). The number of rotatable bonds is 4. The van der Waals surface area contributed by atoms with E-state index in [1.54, 1.807) is 43.6 Å². The number of nitrogens with zero attached hydrogens (tertiary/aromatic N) is 1. The molecule has 1 aromatic heterocycles. The fraction of sp³-hybridized carbons (Fsp3) is 0.176. The summed E-state index contributed by atoms with van der Waals surface area (Å²) in [5, 5.41) is 9.28. The second kappa shape index (κ2) is 13.8. The highest BCUT2D eigenvalue weighted by Gasteiger charge is 1.90. The summed E-state index contributed by atoms with van der Waals surface area (Å²) in [6.45, 7) is 5.64. The van der Waals surface area contributed by atoms with Crippen molar-refractivity contribution in [1.29, 1.82) is 0 Å². The van der Waals surface area contributed by atoms with E-state index < -0.39 is 5.97 Å². The van der Waals surface area contributed by atoms with Crippen LogP contribution in [0.1, 0.15) is 12.5 Å². The van der Waals surface area contributed by atoms with Gasteiger partial charge in [0.25, 0.3) is 0 Å². The van der Waals surface area contributed by atoms with Crippen molar-refractivity contribution in [1.82, 2.24) is 4.98 Å². The van der Waals surface area contributed by atoms with Gasteiger partial charge in [0.2, 0.25) is 0 Å². The van der Waals surface area contributed by atoms with Gasteiger partial charge in [-0.05, 0) is 42.8 Å². The molecule has 4 nitrogen and oxygen atoms in total. The minimum Gasteiger partial charge on any atom is -0.480 e. The van der Waals surface area contributed by atoms with E-state index in [4.69, 9.17) is 28.3 Å². The Labute approximate surface area is 146 Å². The maximum absolute atomic E-state index is 9.63. The van der Waals surface area contributed by atoms with Gasteiger partial charge in [-0.1, -0.05) is 41.9 Å². The molecule has 0 saturated carbocycles. The van der Waals surface area contributed by atoms with Crippen molar-refractivity contribution in [3.05, 3.63) is 71.0 Å². The van der Waals surface area contributed by atoms with Crippen molar-refractivity contribution in [2.24, 2.45) is 0 Å². The number of hydrogen-bond acceptors (Lipinski definition) is 3. The maximum atomic E-state index is 9.63. The smallest absolute Gasteiger partial charge is 0.329 e. The summed E-state index contributed by atoms with van der Waals surface area (Å²) in [4.78, 5) is 13.5. The fourth-order valence-electron chi connectivity index (χ4n) is 1.15. The molecular weight excluding hydrogens is 337 g/mol. The maximum Gasteiger partial charge on any atom is 0.329 e. The molecule has 0 fully saturated rings. The van der Waals surface area contributed by atoms with Gasteiger partial charge in [0.1, 0.15) is 6.61 Å². The molecule has 2 rings (SSSR count). The molecule has 1 heterocycles. The van der Waals surface area contributed by atoms with Crippen LogP contribution in [0.5, 0.6) is 0 Å². The predicted octanol–water partition coefficient (Wildman–Crippen LogP) is 4.83. The first-order valence-electron chi connectivity index (χ1n) is 6.72. The van der Waals surface area contributed by atoms with Crippen molar-refractivity contribution in [3.8, 4) is 0 Å². The van der Waals surface area contributed by atoms with Crippen LogP contribution in [0.15, 0.2) is 55.4 Å². The Kier molecular flexibility index (Phi) is 12.6. The van der Waals surface area contributed by atoms with E-state index in [0.717, 1.165) is 5.56 Å². The molecule has 0 atom stereocenters. The average Bonchev–Trinajstić information content (AvgIpc) is 2.54. The number of carboxylic acids is 1. The quantitative estimate of drug-likeness (QED) is 0.853. The van der Waals surface area contributed by atoms with Crippen LogP contribution in [0.25, 0.3) is 6.08 Å². The van der Waals surface area contributed by atoms with Crippen molar-refractivity contribution >= 4 is 35.2 Å². The summed E-state index contributed by atoms with van der Waals surface area (Å²) in [6.07, 6.45) is 5.29. The summed E-state index contributed by atoms with van der Waals surface area (Å²) < 4.78 is 4.50. The molecule has 0 amide bonds. The number of hydrogen-bond donors (Lipinski definition) is 1. The zero-order valence-corrected chi connectivity index (χ0v) is 14.3. The zero-order valence-electron chi connectivity index (χ0n) is 12.8. The van der Waals surface area contributed by atoms with Crippen molar-refractivity contribution < 1.29 is 14.6 Å². The third-order valence-corrected chi connectivity index (χ3v) is 2.63. The van der Waals surface area contributed by atoms with E-state index in [2.05, 4.69) is 16.3 Å². The van der Waals surface area contributed by atoms with Crippen LogP contribution in [0.4, 0.5) is 0 Å². The molecule has 0 spiro atoms. The lowest BCUT2D eigenvalue weighted by molar-refractivity contribution is -0.142. The minimum atomic E-state index is -0.915. The molecule has 0 radical (unpaired) electrons. The summed E-state index contributed by atoms with van der Waals surface area (Å²) in [5.41, 5.74) is 1.11. The lowest BCUT2D eigenvalue weighted by Gasteiger charge is -1.90. The van der Waals surface area contributed by atoms with Gasteiger partial charge >= 0.3 is 5.97 Å². The van der Waals surface area contributed by atoms with Crippen LogP contribution < -0.4 is 0 Å². The monoisotopic (exact) mass is 355 g/mol. The largest absolute Gasteiger partial charge is 0.480 e. The molecule has 0 aliphatic heterocycles. The van der Waals surface area contributed by atoms with E-state index >= 15 is 0 Å². The first-order chi connectivity index (χ1) is 11.0. The van der Waals surface area contributed by atoms with E-state index in [-0.39, 0.29) is 6.61 Å². The Balaban J connectivity index is 0.000000317. The lowest BCUT2D eigenvalue weighted by Crippen LogP contribution is -2.05. The number of carbonyl (C=O) groups is 1. The number of halogens is 2. The Hall–Kier alpha value is -1.88. The lowest BCUT2D eigenvalue weighted by atomic mass is 10.3. The third-order valence-electron chi connectivity index (χ3n) is 2.16. The Bertz CT molecular complexity index is 560. The Morgan fingerprint density at radius 2 is 1.83 bits per heavy atom. The molecule has 0 unspecified atom stereocenters. The highest BCUT2D eigenvalue weighted by Crippen LogP contribution is 2.13. The van der Waals surface area contributed by atoms with Crippen LogP contribution in [0, 0.1) is 0 Å². The second-order valence-corrected chi connectivity index (χ2v) is 4.83. The van der Waals surface area contributed by atoms with Gasteiger partial charge < -0.3 is 9.84 Å². The van der Waals surface area contributed by atoms with E-state index in [9.17, 15) is 4.79 Å². The molecule has 23 heavy (non-hydrogen) atoms. The predicted molar refractivity (Wildman–Crippen MR) is 94.9 cm³/mol. The van der Waals surface area contributed by atoms with Crippen LogP contribution in [0.3, 0.4) is 0 Å². The SMILES string of the molecule is C=Cc1ccncc1.CCOCC(=O)O.Clc1cccc(Cl)c1. The molecular formula is C17H19Cl2NO3. The molecule has 2 aromatic rings. The second-order valence-electron chi connectivity index (χ2n) is 3.96. The number of carboxylic acid groups (broad SMARTS) is 1. The Morgan fingerprint density at radius 1 is 1.26 bits per heavy atom. The zero-order chi connectivity index (χ0) is 17.5. The summed E-state index contributed by atoms with van der Waals surface area (Å²) in [6, 6.07) is 10.9. The van der Waals surface area contributed by atoms with E-state index in [1.807, 2.05) is 18.2 Å². The average molecular weight is 356 g/mol. The number of pyridine rings is 1. The number of aromatic nitrogens is 1. The first kappa shape index (κ1) is 21.1. The molecule has 0 saturated heterocycles. The number of benzene rings is 1. The molecule has 1 aromatic carbocycles. The van der Waals surface area contributed by atoms with Gasteiger partial charge in [-0.3, -0.25) is 4.98 Å². The van der Waals surface area contributed by atoms with Gasteiger partial charge in [0, 0.05) is 29.0 Å². The molecule has 124 valence electrons. The Morgan fingerprint density at radius 3 is 2.09 bits per heavy atom. The van der Waals surface area contributed by atoms with E-state index in [0.29, 0.717) is 16.7 Å². The summed E-state index contributed by atoms with van der Waals surface area (Å²) in [5.74, 6) is -0.915. The van der Waals surface area contributed by atoms with Crippen LogP contribution in [-0.2, 0) is 9.53 Å². The van der Waals surface area contributed by atoms with Crippen molar-refractivity contribution in [3.63, 3.8) is 0 Å². The van der Waals surface area contributed by atoms with Crippen LogP contribution in [-0.4, -0.2) is 29.3 Å². The molecule has 0 bridgehead atoms. The van der Waals surface area contributed by atoms with Crippen LogP contribution >= 0.6 is 23.2 Å². The van der Waals surface area contributed by atoms with Crippen LogP contribution in [0.2, 0.25) is 10.0 Å². The third kappa shape index (κ3) is 13.5. The molecule has 6 heteroatoms. The number of ether oxygens (including phenoxy) is 1. The first-order valence-corrected chi connectivity index (χ1v) is 7.48. The van der Waals surface area contributed by atoms with Gasteiger partial charge in [0.05, 0.1) is 0 Å².